The molecule has 11 heteroatoms. The lowest BCUT2D eigenvalue weighted by Crippen LogP contribution is -2.35. The van der Waals surface area contributed by atoms with Crippen molar-refractivity contribution in [1.82, 2.24) is 9.97 Å². The average molecular weight is 427 g/mol. The number of benzene rings is 1. The van der Waals surface area contributed by atoms with Crippen molar-refractivity contribution in [2.45, 2.75) is 46.1 Å². The molecule has 0 radical (unpaired) electrons. The van der Waals surface area contributed by atoms with E-state index in [0.29, 0.717) is 18.1 Å². The molecule has 1 saturated carbocycles. The van der Waals surface area contributed by atoms with Crippen LogP contribution in [0.3, 0.4) is 0 Å². The van der Waals surface area contributed by atoms with Gasteiger partial charge in [0.2, 0.25) is 11.6 Å². The number of hydrogen-bond acceptors (Lipinski definition) is 9. The van der Waals surface area contributed by atoms with E-state index in [2.05, 4.69) is 46.5 Å². The third-order valence-electron chi connectivity index (χ3n) is 6.08. The third kappa shape index (κ3) is 4.07. The molecule has 4 rings (SSSR count). The molecule has 2 fully saturated rings. The zero-order valence-corrected chi connectivity index (χ0v) is 17.7. The Bertz CT molecular complexity index is 1030. The first-order valence-corrected chi connectivity index (χ1v) is 10.1. The third-order valence-corrected chi connectivity index (χ3v) is 6.08. The van der Waals surface area contributed by atoms with Crippen LogP contribution in [-0.2, 0) is 0 Å². The van der Waals surface area contributed by atoms with E-state index in [-0.39, 0.29) is 34.1 Å². The number of nitrogens with one attached hydrogen (secondary N) is 2. The number of non-ortho nitro benzene ring substituents is 1. The van der Waals surface area contributed by atoms with E-state index in [1.807, 2.05) is 0 Å². The molecule has 2 unspecified atom stereocenters. The van der Waals surface area contributed by atoms with E-state index in [9.17, 15) is 20.2 Å². The predicted octanol–water partition coefficient (Wildman–Crippen LogP) is 4.14. The summed E-state index contributed by atoms with van der Waals surface area (Å²) >= 11 is 0. The van der Waals surface area contributed by atoms with E-state index < -0.39 is 9.85 Å². The summed E-state index contributed by atoms with van der Waals surface area (Å²) < 4.78 is 0. The van der Waals surface area contributed by atoms with Gasteiger partial charge in [-0.3, -0.25) is 31.1 Å². The fourth-order valence-corrected chi connectivity index (χ4v) is 5.34. The molecule has 1 aliphatic heterocycles. The Labute approximate surface area is 179 Å². The number of anilines is 3. The van der Waals surface area contributed by atoms with Crippen molar-refractivity contribution < 1.29 is 9.85 Å². The van der Waals surface area contributed by atoms with Gasteiger partial charge in [0.1, 0.15) is 6.33 Å². The second kappa shape index (κ2) is 7.33. The number of rotatable bonds is 6. The Hall–Kier alpha value is -3.50. The topological polar surface area (TPSA) is 139 Å². The number of nitro groups is 2. The van der Waals surface area contributed by atoms with Crippen molar-refractivity contribution in [3.63, 3.8) is 0 Å². The van der Waals surface area contributed by atoms with Crippen molar-refractivity contribution in [2.75, 3.05) is 22.3 Å². The highest BCUT2D eigenvalue weighted by atomic mass is 16.6. The lowest BCUT2D eigenvalue weighted by molar-refractivity contribution is -0.384. The highest BCUT2D eigenvalue weighted by molar-refractivity contribution is 5.72. The molecule has 2 bridgehead atoms. The second-order valence-corrected chi connectivity index (χ2v) is 9.55. The minimum absolute atomic E-state index is 0.0409. The highest BCUT2D eigenvalue weighted by Gasteiger charge is 2.51. The number of hydrazine groups is 1. The van der Waals surface area contributed by atoms with E-state index in [1.54, 1.807) is 0 Å². The van der Waals surface area contributed by atoms with Crippen LogP contribution in [0.2, 0.25) is 0 Å². The minimum atomic E-state index is -0.493. The molecule has 2 aromatic rings. The average Bonchev–Trinajstić information content (AvgIpc) is 2.94. The number of nitrogens with zero attached hydrogens (tertiary/aromatic N) is 5. The van der Waals surface area contributed by atoms with Crippen LogP contribution in [0.15, 0.2) is 30.6 Å². The summed E-state index contributed by atoms with van der Waals surface area (Å²) in [6, 6.07) is 5.89. The van der Waals surface area contributed by atoms with Gasteiger partial charge in [0.25, 0.3) is 5.69 Å². The van der Waals surface area contributed by atoms with Gasteiger partial charge in [0, 0.05) is 24.7 Å². The number of aromatic nitrogens is 2. The Morgan fingerprint density at radius 2 is 1.74 bits per heavy atom. The van der Waals surface area contributed by atoms with E-state index in [1.165, 1.54) is 30.6 Å². The SMILES string of the molecule is CC1(C)CC2CC(C)(CN2c2ncnc(NNc3ccc([N+](=O)[O-])cc3)c2[N+](=O)[O-])C1. The second-order valence-electron chi connectivity index (χ2n) is 9.55. The number of hydrogen-bond donors (Lipinski definition) is 2. The summed E-state index contributed by atoms with van der Waals surface area (Å²) in [7, 11) is 0. The van der Waals surface area contributed by atoms with Gasteiger partial charge in [0.15, 0.2) is 0 Å². The molecule has 31 heavy (non-hydrogen) atoms. The normalized spacial score (nSPS) is 24.0. The van der Waals surface area contributed by atoms with Gasteiger partial charge in [-0.05, 0) is 42.2 Å². The fraction of sp³-hybridized carbons (Fsp3) is 0.500. The molecule has 0 spiro atoms. The van der Waals surface area contributed by atoms with Crippen LogP contribution in [0.1, 0.15) is 40.0 Å². The van der Waals surface area contributed by atoms with E-state index >= 15 is 0 Å². The van der Waals surface area contributed by atoms with Gasteiger partial charge >= 0.3 is 5.69 Å². The Kier molecular flexibility index (Phi) is 4.91. The summed E-state index contributed by atoms with van der Waals surface area (Å²) in [6.07, 6.45) is 4.32. The molecular weight excluding hydrogens is 402 g/mol. The molecule has 2 heterocycles. The Morgan fingerprint density at radius 3 is 2.39 bits per heavy atom. The number of fused-ring (bicyclic) bond motifs is 2. The van der Waals surface area contributed by atoms with Crippen LogP contribution in [-0.4, -0.2) is 32.4 Å². The molecule has 2 aliphatic rings. The maximum absolute atomic E-state index is 12.0. The standard InChI is InChI=1S/C20H25N7O4/c1-19(2)8-15-9-20(3,10-19)11-25(15)18-16(27(30)31)17(21-12-22-18)24-23-13-4-6-14(7-5-13)26(28)29/h4-7,12,15,23H,8-11H2,1-3H3,(H,21,22,24). The zero-order chi connectivity index (χ0) is 22.4. The van der Waals surface area contributed by atoms with Crippen LogP contribution in [0, 0.1) is 31.1 Å². The van der Waals surface area contributed by atoms with Gasteiger partial charge in [-0.1, -0.05) is 20.8 Å². The molecule has 1 saturated heterocycles. The van der Waals surface area contributed by atoms with Crippen molar-refractivity contribution in [3.8, 4) is 0 Å². The monoisotopic (exact) mass is 427 g/mol. The molecule has 11 nitrogen and oxygen atoms in total. The van der Waals surface area contributed by atoms with E-state index in [4.69, 9.17) is 0 Å². The van der Waals surface area contributed by atoms with Gasteiger partial charge in [-0.15, -0.1) is 0 Å². The van der Waals surface area contributed by atoms with E-state index in [0.717, 1.165) is 19.3 Å². The highest BCUT2D eigenvalue weighted by Crippen LogP contribution is 2.54. The van der Waals surface area contributed by atoms with Crippen LogP contribution in [0.5, 0.6) is 0 Å². The molecule has 1 aliphatic carbocycles. The zero-order valence-electron chi connectivity index (χ0n) is 17.7. The first-order valence-electron chi connectivity index (χ1n) is 10.1. The molecule has 1 aromatic heterocycles. The largest absolute Gasteiger partial charge is 0.355 e. The molecule has 2 atom stereocenters. The summed E-state index contributed by atoms with van der Waals surface area (Å²) in [6.45, 7) is 7.45. The maximum atomic E-state index is 12.0. The molecule has 1 aromatic carbocycles. The van der Waals surface area contributed by atoms with Crippen molar-refractivity contribution in [2.24, 2.45) is 10.8 Å². The lowest BCUT2D eigenvalue weighted by Gasteiger charge is -2.39. The van der Waals surface area contributed by atoms with Gasteiger partial charge < -0.3 is 4.90 Å². The summed E-state index contributed by atoms with van der Waals surface area (Å²) in [4.78, 5) is 32.2. The first kappa shape index (κ1) is 20.8. The van der Waals surface area contributed by atoms with Crippen LogP contribution >= 0.6 is 0 Å². The van der Waals surface area contributed by atoms with Crippen molar-refractivity contribution >= 4 is 28.7 Å². The van der Waals surface area contributed by atoms with Gasteiger partial charge in [-0.2, -0.15) is 0 Å². The fourth-order valence-electron chi connectivity index (χ4n) is 5.34. The first-order chi connectivity index (χ1) is 14.6. The van der Waals surface area contributed by atoms with Crippen LogP contribution in [0.4, 0.5) is 28.7 Å². The molecule has 2 N–H and O–H groups in total. The maximum Gasteiger partial charge on any atom is 0.355 e. The smallest absolute Gasteiger partial charge is 0.347 e. The quantitative estimate of drug-likeness (QED) is 0.514. The van der Waals surface area contributed by atoms with Crippen molar-refractivity contribution in [1.29, 1.82) is 0 Å². The number of nitro benzene ring substituents is 1. The minimum Gasteiger partial charge on any atom is -0.347 e. The molecule has 164 valence electrons. The predicted molar refractivity (Wildman–Crippen MR) is 116 cm³/mol. The van der Waals surface area contributed by atoms with Crippen LogP contribution in [0.25, 0.3) is 0 Å². The molecule has 0 amide bonds. The Balaban J connectivity index is 1.60. The summed E-state index contributed by atoms with van der Waals surface area (Å²) in [5.74, 6) is 0.360. The Morgan fingerprint density at radius 1 is 1.03 bits per heavy atom. The van der Waals surface area contributed by atoms with Crippen LogP contribution < -0.4 is 15.8 Å². The summed E-state index contributed by atoms with van der Waals surface area (Å²) in [5.41, 5.74) is 6.13. The lowest BCUT2D eigenvalue weighted by atomic mass is 9.65. The van der Waals surface area contributed by atoms with Crippen molar-refractivity contribution in [3.05, 3.63) is 50.8 Å². The van der Waals surface area contributed by atoms with Gasteiger partial charge in [0.05, 0.1) is 15.5 Å². The molecular formula is C20H25N7O4. The van der Waals surface area contributed by atoms with Gasteiger partial charge in [-0.25, -0.2) is 9.97 Å². The summed E-state index contributed by atoms with van der Waals surface area (Å²) in [5, 5.41) is 22.8.